The molecular weight excluding hydrogens is 384 g/mol. The van der Waals surface area contributed by atoms with Crippen LogP contribution < -0.4 is 15.4 Å². The molecule has 0 aliphatic rings. The second-order valence-corrected chi connectivity index (χ2v) is 6.29. The van der Waals surface area contributed by atoms with Crippen LogP contribution in [0, 0.1) is 0 Å². The number of benzene rings is 3. The van der Waals surface area contributed by atoms with Gasteiger partial charge in [0.05, 0.1) is 19.8 Å². The van der Waals surface area contributed by atoms with Crippen molar-refractivity contribution in [1.29, 1.82) is 0 Å². The Morgan fingerprint density at radius 1 is 0.667 bits per heavy atom. The van der Waals surface area contributed by atoms with Crippen LogP contribution in [0.4, 0.5) is 11.4 Å². The van der Waals surface area contributed by atoms with Crippen molar-refractivity contribution in [2.24, 2.45) is 0 Å². The summed E-state index contributed by atoms with van der Waals surface area (Å²) in [6.07, 6.45) is 0. The lowest BCUT2D eigenvalue weighted by Crippen LogP contribution is -2.14. The highest BCUT2D eigenvalue weighted by Crippen LogP contribution is 2.17. The van der Waals surface area contributed by atoms with Crippen molar-refractivity contribution < 1.29 is 23.9 Å². The minimum atomic E-state index is -0.445. The predicted octanol–water partition coefficient (Wildman–Crippen LogP) is 3.99. The second-order valence-electron chi connectivity index (χ2n) is 6.29. The van der Waals surface area contributed by atoms with Crippen LogP contribution in [0.1, 0.15) is 31.1 Å². The van der Waals surface area contributed by atoms with Crippen molar-refractivity contribution in [2.75, 3.05) is 24.9 Å². The number of hydrogen-bond donors (Lipinski definition) is 2. The highest BCUT2D eigenvalue weighted by atomic mass is 16.5. The van der Waals surface area contributed by atoms with E-state index in [1.54, 1.807) is 72.8 Å². The van der Waals surface area contributed by atoms with Gasteiger partial charge in [0, 0.05) is 22.5 Å². The fourth-order valence-corrected chi connectivity index (χ4v) is 2.68. The Hall–Kier alpha value is -4.13. The van der Waals surface area contributed by atoms with E-state index in [2.05, 4.69) is 15.4 Å². The monoisotopic (exact) mass is 404 g/mol. The average molecular weight is 404 g/mol. The maximum atomic E-state index is 12.4. The summed E-state index contributed by atoms with van der Waals surface area (Å²) in [5.74, 6) is -0.447. The van der Waals surface area contributed by atoms with E-state index in [-0.39, 0.29) is 11.8 Å². The summed E-state index contributed by atoms with van der Waals surface area (Å²) in [5.41, 5.74) is 2.38. The van der Waals surface area contributed by atoms with E-state index in [0.29, 0.717) is 33.8 Å². The number of rotatable bonds is 6. The first-order valence-corrected chi connectivity index (χ1v) is 9.05. The van der Waals surface area contributed by atoms with Gasteiger partial charge in [-0.1, -0.05) is 6.07 Å². The second kappa shape index (κ2) is 9.38. The first kappa shape index (κ1) is 20.6. The standard InChI is InChI=1S/C23H20N2O5/c1-29-20-5-3-4-17(14-20)22(27)25-18-10-6-15(7-11-18)21(26)24-19-12-8-16(9-13-19)23(28)30-2/h3-14H,1-2H3,(H,24,26)(H,25,27). The molecule has 0 radical (unpaired) electrons. The number of nitrogens with one attached hydrogen (secondary N) is 2. The zero-order valence-electron chi connectivity index (χ0n) is 16.5. The number of carbonyl (C=O) groups is 3. The first-order chi connectivity index (χ1) is 14.5. The molecule has 2 amide bonds. The van der Waals surface area contributed by atoms with Gasteiger partial charge in [0.2, 0.25) is 0 Å². The predicted molar refractivity (Wildman–Crippen MR) is 113 cm³/mol. The van der Waals surface area contributed by atoms with Gasteiger partial charge in [-0.05, 0) is 66.7 Å². The van der Waals surface area contributed by atoms with Gasteiger partial charge in [-0.15, -0.1) is 0 Å². The molecule has 0 aliphatic heterocycles. The van der Waals surface area contributed by atoms with Crippen LogP contribution in [-0.4, -0.2) is 32.0 Å². The van der Waals surface area contributed by atoms with E-state index in [9.17, 15) is 14.4 Å². The Kier molecular flexibility index (Phi) is 6.44. The molecule has 3 rings (SSSR count). The number of ether oxygens (including phenoxy) is 2. The van der Waals surface area contributed by atoms with E-state index >= 15 is 0 Å². The summed E-state index contributed by atoms with van der Waals surface area (Å²) < 4.78 is 9.77. The van der Waals surface area contributed by atoms with E-state index in [1.165, 1.54) is 14.2 Å². The maximum Gasteiger partial charge on any atom is 0.337 e. The average Bonchev–Trinajstić information content (AvgIpc) is 2.79. The van der Waals surface area contributed by atoms with Gasteiger partial charge in [0.15, 0.2) is 0 Å². The van der Waals surface area contributed by atoms with Crippen molar-refractivity contribution in [1.82, 2.24) is 0 Å². The molecule has 0 aliphatic carbocycles. The molecule has 7 nitrogen and oxygen atoms in total. The highest BCUT2D eigenvalue weighted by molar-refractivity contribution is 6.06. The van der Waals surface area contributed by atoms with Crippen molar-refractivity contribution >= 4 is 29.2 Å². The van der Waals surface area contributed by atoms with Gasteiger partial charge < -0.3 is 20.1 Å². The van der Waals surface area contributed by atoms with Crippen LogP contribution in [-0.2, 0) is 4.74 Å². The third kappa shape index (κ3) is 5.02. The summed E-state index contributed by atoms with van der Waals surface area (Å²) in [4.78, 5) is 36.2. The van der Waals surface area contributed by atoms with Crippen molar-refractivity contribution in [2.45, 2.75) is 0 Å². The van der Waals surface area contributed by atoms with E-state index in [0.717, 1.165) is 0 Å². The number of anilines is 2. The summed E-state index contributed by atoms with van der Waals surface area (Å²) in [7, 11) is 2.84. The Bertz CT molecular complexity index is 1060. The van der Waals surface area contributed by atoms with E-state index in [1.807, 2.05) is 0 Å². The molecule has 152 valence electrons. The molecule has 3 aromatic rings. The van der Waals surface area contributed by atoms with Crippen LogP contribution >= 0.6 is 0 Å². The topological polar surface area (TPSA) is 93.7 Å². The van der Waals surface area contributed by atoms with Crippen molar-refractivity contribution in [3.8, 4) is 5.75 Å². The lowest BCUT2D eigenvalue weighted by molar-refractivity contribution is 0.0600. The smallest absolute Gasteiger partial charge is 0.337 e. The number of esters is 1. The Balaban J connectivity index is 1.62. The third-order valence-electron chi connectivity index (χ3n) is 4.30. The SMILES string of the molecule is COC(=O)c1ccc(NC(=O)c2ccc(NC(=O)c3cccc(OC)c3)cc2)cc1. The fourth-order valence-electron chi connectivity index (χ4n) is 2.68. The fraction of sp³-hybridized carbons (Fsp3) is 0.0870. The van der Waals surface area contributed by atoms with Crippen LogP contribution in [0.5, 0.6) is 5.75 Å². The first-order valence-electron chi connectivity index (χ1n) is 9.05. The minimum Gasteiger partial charge on any atom is -0.497 e. The quantitative estimate of drug-likeness (QED) is 0.606. The Morgan fingerprint density at radius 2 is 1.20 bits per heavy atom. The molecule has 0 unspecified atom stereocenters. The van der Waals surface area contributed by atoms with Crippen LogP contribution in [0.3, 0.4) is 0 Å². The zero-order valence-corrected chi connectivity index (χ0v) is 16.5. The maximum absolute atomic E-state index is 12.4. The largest absolute Gasteiger partial charge is 0.497 e. The van der Waals surface area contributed by atoms with Gasteiger partial charge in [-0.2, -0.15) is 0 Å². The molecule has 30 heavy (non-hydrogen) atoms. The molecule has 0 fully saturated rings. The van der Waals surface area contributed by atoms with Gasteiger partial charge in [-0.3, -0.25) is 9.59 Å². The summed E-state index contributed by atoms with van der Waals surface area (Å²) in [6.45, 7) is 0. The third-order valence-corrected chi connectivity index (χ3v) is 4.30. The van der Waals surface area contributed by atoms with Crippen molar-refractivity contribution in [3.63, 3.8) is 0 Å². The molecule has 0 saturated carbocycles. The van der Waals surface area contributed by atoms with Crippen molar-refractivity contribution in [3.05, 3.63) is 89.5 Å². The van der Waals surface area contributed by atoms with Gasteiger partial charge in [0.25, 0.3) is 11.8 Å². The Morgan fingerprint density at radius 3 is 1.73 bits per heavy atom. The number of amides is 2. The van der Waals surface area contributed by atoms with E-state index in [4.69, 9.17) is 4.74 Å². The summed E-state index contributed by atoms with van der Waals surface area (Å²) >= 11 is 0. The Labute approximate surface area is 173 Å². The molecule has 0 bridgehead atoms. The molecule has 0 saturated heterocycles. The minimum absolute atomic E-state index is 0.281. The number of carbonyl (C=O) groups excluding carboxylic acids is 3. The normalized spacial score (nSPS) is 10.1. The van der Waals surface area contributed by atoms with E-state index < -0.39 is 5.97 Å². The summed E-state index contributed by atoms with van der Waals surface area (Å²) in [5, 5.41) is 5.53. The molecule has 0 atom stereocenters. The zero-order chi connectivity index (χ0) is 21.5. The van der Waals surface area contributed by atoms with Gasteiger partial charge in [0.1, 0.15) is 5.75 Å². The lowest BCUT2D eigenvalue weighted by atomic mass is 10.1. The van der Waals surface area contributed by atoms with Crippen LogP contribution in [0.2, 0.25) is 0 Å². The van der Waals surface area contributed by atoms with Gasteiger partial charge >= 0.3 is 5.97 Å². The highest BCUT2D eigenvalue weighted by Gasteiger charge is 2.10. The summed E-state index contributed by atoms with van der Waals surface area (Å²) in [6, 6.07) is 19.7. The molecular formula is C23H20N2O5. The molecule has 7 heteroatoms. The molecule has 3 aromatic carbocycles. The molecule has 0 spiro atoms. The molecule has 0 heterocycles. The molecule has 0 aromatic heterocycles. The van der Waals surface area contributed by atoms with Crippen LogP contribution in [0.15, 0.2) is 72.8 Å². The number of methoxy groups -OCH3 is 2. The lowest BCUT2D eigenvalue weighted by Gasteiger charge is -2.09. The van der Waals surface area contributed by atoms with Gasteiger partial charge in [-0.25, -0.2) is 4.79 Å². The van der Waals surface area contributed by atoms with Crippen LogP contribution in [0.25, 0.3) is 0 Å². The number of hydrogen-bond acceptors (Lipinski definition) is 5. The molecule has 2 N–H and O–H groups in total.